The Morgan fingerprint density at radius 2 is 2.45 bits per heavy atom. The largest absolute Gasteiger partial charge is 0.306 e. The van der Waals surface area contributed by atoms with Crippen LogP contribution in [0.15, 0.2) is 6.20 Å². The smallest absolute Gasteiger partial charge is 0.250 e. The van der Waals surface area contributed by atoms with E-state index in [0.29, 0.717) is 12.2 Å². The molecule has 1 aromatic heterocycles. The lowest BCUT2D eigenvalue weighted by atomic mass is 10.5. The molecule has 1 aromatic rings. The molecule has 0 aromatic carbocycles. The first-order chi connectivity index (χ1) is 5.29. The monoisotopic (exact) mass is 179 g/mol. The Morgan fingerprint density at radius 3 is 3.00 bits per heavy atom. The molecule has 0 saturated carbocycles. The lowest BCUT2D eigenvalue weighted by Crippen LogP contribution is -2.20. The highest BCUT2D eigenvalue weighted by atomic mass is 32.1. The van der Waals surface area contributed by atoms with E-state index in [4.69, 9.17) is 0 Å². The van der Waals surface area contributed by atoms with Crippen LogP contribution >= 0.6 is 11.7 Å². The Labute approximate surface area is 66.8 Å². The summed E-state index contributed by atoms with van der Waals surface area (Å²) in [6.45, 7) is 0.0678. The molecular formula is C5H7F2N3S. The van der Waals surface area contributed by atoms with Gasteiger partial charge in [0.1, 0.15) is 0 Å². The average Bonchev–Trinajstić information content (AvgIpc) is 2.39. The summed E-state index contributed by atoms with van der Waals surface area (Å²) in [5, 5.41) is 2.54. The van der Waals surface area contributed by atoms with Crippen LogP contribution in [-0.2, 0) is 6.54 Å². The molecule has 0 atom stereocenters. The molecule has 0 aliphatic heterocycles. The van der Waals surface area contributed by atoms with Crippen LogP contribution in [0.3, 0.4) is 0 Å². The van der Waals surface area contributed by atoms with Crippen molar-refractivity contribution in [3.05, 3.63) is 11.9 Å². The molecule has 1 N–H and O–H groups in total. The lowest BCUT2D eigenvalue weighted by Gasteiger charge is -1.98. The van der Waals surface area contributed by atoms with Gasteiger partial charge in [-0.2, -0.15) is 8.75 Å². The Morgan fingerprint density at radius 1 is 1.64 bits per heavy atom. The van der Waals surface area contributed by atoms with Crippen molar-refractivity contribution in [3.63, 3.8) is 0 Å². The molecule has 3 nitrogen and oxygen atoms in total. The molecule has 1 rings (SSSR count). The Bertz CT molecular complexity index is 190. The predicted octanol–water partition coefficient (Wildman–Crippen LogP) is 0.893. The normalized spacial score (nSPS) is 10.8. The third kappa shape index (κ3) is 3.33. The highest BCUT2D eigenvalue weighted by Crippen LogP contribution is 1.94. The number of nitrogens with zero attached hydrogens (tertiary/aromatic N) is 2. The van der Waals surface area contributed by atoms with Gasteiger partial charge in [-0.25, -0.2) is 8.78 Å². The van der Waals surface area contributed by atoms with E-state index in [-0.39, 0.29) is 6.54 Å². The van der Waals surface area contributed by atoms with E-state index in [2.05, 4.69) is 14.1 Å². The van der Waals surface area contributed by atoms with Crippen LogP contribution in [0.2, 0.25) is 0 Å². The summed E-state index contributed by atoms with van der Waals surface area (Å²) in [6.07, 6.45) is -0.745. The van der Waals surface area contributed by atoms with Crippen molar-refractivity contribution in [2.24, 2.45) is 0 Å². The molecule has 0 amide bonds. The minimum absolute atomic E-state index is 0.294. The van der Waals surface area contributed by atoms with E-state index in [1.54, 1.807) is 6.20 Å². The minimum atomic E-state index is -2.30. The van der Waals surface area contributed by atoms with Crippen molar-refractivity contribution in [2.75, 3.05) is 6.54 Å². The van der Waals surface area contributed by atoms with Gasteiger partial charge >= 0.3 is 0 Å². The minimum Gasteiger partial charge on any atom is -0.306 e. The number of hydrogen-bond acceptors (Lipinski definition) is 4. The van der Waals surface area contributed by atoms with E-state index >= 15 is 0 Å². The second kappa shape index (κ2) is 4.30. The molecule has 0 fully saturated rings. The summed E-state index contributed by atoms with van der Waals surface area (Å²) >= 11 is 1.07. The van der Waals surface area contributed by atoms with Gasteiger partial charge < -0.3 is 5.32 Å². The maximum atomic E-state index is 11.6. The molecule has 0 spiro atoms. The van der Waals surface area contributed by atoms with Crippen molar-refractivity contribution in [1.29, 1.82) is 0 Å². The number of nitrogens with one attached hydrogen (secondary N) is 1. The van der Waals surface area contributed by atoms with Gasteiger partial charge in [0.25, 0.3) is 6.43 Å². The van der Waals surface area contributed by atoms with E-state index in [0.717, 1.165) is 11.7 Å². The van der Waals surface area contributed by atoms with Crippen LogP contribution in [0.1, 0.15) is 5.69 Å². The van der Waals surface area contributed by atoms with Crippen LogP contribution < -0.4 is 5.32 Å². The van der Waals surface area contributed by atoms with Crippen molar-refractivity contribution >= 4 is 11.7 Å². The second-order valence-corrected chi connectivity index (χ2v) is 2.48. The second-order valence-electron chi connectivity index (χ2n) is 1.92. The quantitative estimate of drug-likeness (QED) is 0.746. The summed E-state index contributed by atoms with van der Waals surface area (Å²) in [7, 11) is 0. The van der Waals surface area contributed by atoms with Crippen molar-refractivity contribution < 1.29 is 8.78 Å². The third-order valence-corrected chi connectivity index (χ3v) is 1.53. The Hall–Kier alpha value is -0.620. The molecule has 0 bridgehead atoms. The van der Waals surface area contributed by atoms with Crippen LogP contribution in [0.25, 0.3) is 0 Å². The van der Waals surface area contributed by atoms with E-state index < -0.39 is 6.43 Å². The number of rotatable bonds is 4. The van der Waals surface area contributed by atoms with Crippen LogP contribution in [-0.4, -0.2) is 21.7 Å². The predicted molar refractivity (Wildman–Crippen MR) is 37.6 cm³/mol. The number of alkyl halides is 2. The molecule has 0 saturated heterocycles. The zero-order valence-electron chi connectivity index (χ0n) is 5.63. The molecule has 1 heterocycles. The maximum Gasteiger partial charge on any atom is 0.250 e. The van der Waals surface area contributed by atoms with Gasteiger partial charge in [0.2, 0.25) is 0 Å². The molecule has 0 aliphatic carbocycles. The van der Waals surface area contributed by atoms with Crippen molar-refractivity contribution in [1.82, 2.24) is 14.1 Å². The first kappa shape index (κ1) is 8.48. The molecule has 6 heteroatoms. The number of aromatic nitrogens is 2. The van der Waals surface area contributed by atoms with Gasteiger partial charge in [0, 0.05) is 6.54 Å². The highest BCUT2D eigenvalue weighted by Gasteiger charge is 2.01. The Balaban J connectivity index is 2.14. The van der Waals surface area contributed by atoms with Gasteiger partial charge in [-0.1, -0.05) is 0 Å². The maximum absolute atomic E-state index is 11.6. The summed E-state index contributed by atoms with van der Waals surface area (Å²) < 4.78 is 30.7. The SMILES string of the molecule is FC(F)CNCc1cnsn1. The summed E-state index contributed by atoms with van der Waals surface area (Å²) in [6, 6.07) is 0. The van der Waals surface area contributed by atoms with E-state index in [1.807, 2.05) is 0 Å². The van der Waals surface area contributed by atoms with E-state index in [9.17, 15) is 8.78 Å². The van der Waals surface area contributed by atoms with Gasteiger partial charge in [-0.05, 0) is 0 Å². The zero-order chi connectivity index (χ0) is 8.10. The molecule has 0 aliphatic rings. The molecule has 0 unspecified atom stereocenters. The highest BCUT2D eigenvalue weighted by molar-refractivity contribution is 6.99. The standard InChI is InChI=1S/C5H7F2N3S/c6-5(7)3-8-1-4-2-9-11-10-4/h2,5,8H,1,3H2. The number of halogens is 2. The van der Waals surface area contributed by atoms with Gasteiger partial charge in [0.05, 0.1) is 30.2 Å². The fourth-order valence-electron chi connectivity index (χ4n) is 0.571. The van der Waals surface area contributed by atoms with Gasteiger partial charge in [0.15, 0.2) is 0 Å². The zero-order valence-corrected chi connectivity index (χ0v) is 6.44. The van der Waals surface area contributed by atoms with Crippen LogP contribution in [0.4, 0.5) is 8.78 Å². The van der Waals surface area contributed by atoms with Gasteiger partial charge in [-0.15, -0.1) is 0 Å². The van der Waals surface area contributed by atoms with Crippen LogP contribution in [0, 0.1) is 0 Å². The first-order valence-corrected chi connectivity index (χ1v) is 3.77. The fraction of sp³-hybridized carbons (Fsp3) is 0.600. The first-order valence-electron chi connectivity index (χ1n) is 3.04. The molecule has 11 heavy (non-hydrogen) atoms. The molecule has 0 radical (unpaired) electrons. The summed E-state index contributed by atoms with van der Waals surface area (Å²) in [5.41, 5.74) is 0.704. The van der Waals surface area contributed by atoms with E-state index in [1.165, 1.54) is 0 Å². The van der Waals surface area contributed by atoms with Crippen molar-refractivity contribution in [2.45, 2.75) is 13.0 Å². The fourth-order valence-corrected chi connectivity index (χ4v) is 1.00. The third-order valence-electron chi connectivity index (χ3n) is 1.01. The van der Waals surface area contributed by atoms with Gasteiger partial charge in [-0.3, -0.25) is 0 Å². The Kier molecular flexibility index (Phi) is 3.31. The topological polar surface area (TPSA) is 37.8 Å². The molecule has 62 valence electrons. The van der Waals surface area contributed by atoms with Crippen molar-refractivity contribution in [3.8, 4) is 0 Å². The molecular weight excluding hydrogens is 172 g/mol. The van der Waals surface area contributed by atoms with Crippen LogP contribution in [0.5, 0.6) is 0 Å². The lowest BCUT2D eigenvalue weighted by molar-refractivity contribution is 0.145. The summed E-state index contributed by atoms with van der Waals surface area (Å²) in [4.78, 5) is 0. The summed E-state index contributed by atoms with van der Waals surface area (Å²) in [5.74, 6) is 0. The number of hydrogen-bond donors (Lipinski definition) is 1. The average molecular weight is 179 g/mol.